The van der Waals surface area contributed by atoms with Crippen LogP contribution in [0, 0.1) is 11.3 Å². The number of nitrogens with one attached hydrogen (secondary N) is 2. The van der Waals surface area contributed by atoms with E-state index in [0.717, 1.165) is 5.39 Å². The van der Waals surface area contributed by atoms with Crippen molar-refractivity contribution in [3.63, 3.8) is 0 Å². The van der Waals surface area contributed by atoms with Gasteiger partial charge in [0.1, 0.15) is 17.5 Å². The number of carbonyl (C=O) groups excluding carboxylic acids is 1. The van der Waals surface area contributed by atoms with Crippen molar-refractivity contribution >= 4 is 22.6 Å². The van der Waals surface area contributed by atoms with Gasteiger partial charge in [0.05, 0.1) is 22.5 Å². The van der Waals surface area contributed by atoms with Gasteiger partial charge in [-0.3, -0.25) is 14.0 Å². The molecular formula is C27H29FN8O. The molecule has 0 unspecified atom stereocenters. The standard InChI is InChI=1S/C27H29FN8O/c1-17(2)33-22-13-24(36-11-7-19-12-18(14-29)15-31-25(19)36)30-16-21(22)26(37)34-20-4-8-27(28,9-5-20)23-6-10-32-35(23)3/h6-7,10-13,15-17,20H,4-5,8-9H2,1-3H3,(H,30,33)(H,34,37). The molecule has 4 aromatic heterocycles. The van der Waals surface area contributed by atoms with Crippen molar-refractivity contribution in [2.24, 2.45) is 7.05 Å². The van der Waals surface area contributed by atoms with Crippen molar-refractivity contribution in [2.75, 3.05) is 5.32 Å². The minimum absolute atomic E-state index is 0.0836. The first-order valence-electron chi connectivity index (χ1n) is 12.4. The summed E-state index contributed by atoms with van der Waals surface area (Å²) in [6.45, 7) is 4.00. The Morgan fingerprint density at radius 1 is 1.22 bits per heavy atom. The highest BCUT2D eigenvalue weighted by Crippen LogP contribution is 2.40. The Morgan fingerprint density at radius 3 is 2.68 bits per heavy atom. The molecule has 2 N–H and O–H groups in total. The van der Waals surface area contributed by atoms with Crippen molar-refractivity contribution in [1.82, 2.24) is 29.6 Å². The third kappa shape index (κ3) is 4.77. The molecule has 0 bridgehead atoms. The summed E-state index contributed by atoms with van der Waals surface area (Å²) in [5, 5.41) is 20.5. The average Bonchev–Trinajstić information content (AvgIpc) is 3.51. The quantitative estimate of drug-likeness (QED) is 0.406. The van der Waals surface area contributed by atoms with Crippen molar-refractivity contribution in [3.8, 4) is 11.9 Å². The number of hydrogen-bond acceptors (Lipinski definition) is 6. The summed E-state index contributed by atoms with van der Waals surface area (Å²) in [5.74, 6) is 0.358. The molecule has 37 heavy (non-hydrogen) atoms. The van der Waals surface area contributed by atoms with E-state index in [9.17, 15) is 4.79 Å². The lowest BCUT2D eigenvalue weighted by atomic mass is 9.81. The van der Waals surface area contributed by atoms with Gasteiger partial charge in [-0.25, -0.2) is 14.4 Å². The second kappa shape index (κ2) is 9.65. The normalized spacial score (nSPS) is 19.6. The first-order valence-corrected chi connectivity index (χ1v) is 12.4. The van der Waals surface area contributed by atoms with Gasteiger partial charge in [0, 0.05) is 55.4 Å². The van der Waals surface area contributed by atoms with Gasteiger partial charge in [0.25, 0.3) is 5.91 Å². The van der Waals surface area contributed by atoms with Crippen molar-refractivity contribution < 1.29 is 9.18 Å². The van der Waals surface area contributed by atoms with Gasteiger partial charge in [-0.05, 0) is 57.7 Å². The number of carbonyl (C=O) groups is 1. The van der Waals surface area contributed by atoms with Crippen molar-refractivity contribution in [1.29, 1.82) is 5.26 Å². The van der Waals surface area contributed by atoms with Crippen LogP contribution in [0.1, 0.15) is 61.1 Å². The smallest absolute Gasteiger partial charge is 0.255 e. The number of pyridine rings is 2. The van der Waals surface area contributed by atoms with Crippen LogP contribution < -0.4 is 10.6 Å². The summed E-state index contributed by atoms with van der Waals surface area (Å²) in [7, 11) is 1.75. The molecule has 1 saturated carbocycles. The zero-order valence-electron chi connectivity index (χ0n) is 21.1. The Bertz CT molecular complexity index is 1490. The first kappa shape index (κ1) is 24.4. The maximum atomic E-state index is 15.6. The van der Waals surface area contributed by atoms with Crippen LogP contribution in [0.15, 0.2) is 49.1 Å². The Morgan fingerprint density at radius 2 is 2.00 bits per heavy atom. The third-order valence-corrected chi connectivity index (χ3v) is 6.87. The molecule has 1 aliphatic rings. The van der Waals surface area contributed by atoms with Crippen LogP contribution in [0.25, 0.3) is 16.9 Å². The van der Waals surface area contributed by atoms with E-state index in [1.54, 1.807) is 36.3 Å². The number of alkyl halides is 1. The Balaban J connectivity index is 1.35. The topological polar surface area (TPSA) is 113 Å². The number of nitrogens with zero attached hydrogens (tertiary/aromatic N) is 6. The lowest BCUT2D eigenvalue weighted by Crippen LogP contribution is -2.41. The lowest BCUT2D eigenvalue weighted by Gasteiger charge is -2.34. The van der Waals surface area contributed by atoms with Crippen LogP contribution in [-0.2, 0) is 12.7 Å². The summed E-state index contributed by atoms with van der Waals surface area (Å²) in [6.07, 6.45) is 8.27. The Hall–Kier alpha value is -4.26. The van der Waals surface area contributed by atoms with Gasteiger partial charge in [-0.15, -0.1) is 0 Å². The highest BCUT2D eigenvalue weighted by molar-refractivity contribution is 5.99. The molecule has 1 aliphatic carbocycles. The van der Waals surface area contributed by atoms with E-state index >= 15 is 4.39 Å². The van der Waals surface area contributed by atoms with E-state index < -0.39 is 5.67 Å². The van der Waals surface area contributed by atoms with Crippen LogP contribution in [0.5, 0.6) is 0 Å². The first-order chi connectivity index (χ1) is 17.8. The van der Waals surface area contributed by atoms with E-state index in [2.05, 4.69) is 31.8 Å². The Kier molecular flexibility index (Phi) is 6.38. The minimum Gasteiger partial charge on any atom is -0.382 e. The van der Waals surface area contributed by atoms with Gasteiger partial charge in [0.2, 0.25) is 0 Å². The second-order valence-electron chi connectivity index (χ2n) is 9.87. The van der Waals surface area contributed by atoms with E-state index in [0.29, 0.717) is 59.7 Å². The third-order valence-electron chi connectivity index (χ3n) is 6.87. The fourth-order valence-electron chi connectivity index (χ4n) is 5.01. The van der Waals surface area contributed by atoms with Crippen molar-refractivity contribution in [2.45, 2.75) is 57.3 Å². The molecule has 5 rings (SSSR count). The number of fused-ring (bicyclic) bond motifs is 1. The molecule has 1 fully saturated rings. The highest BCUT2D eigenvalue weighted by atomic mass is 19.1. The van der Waals surface area contributed by atoms with E-state index in [-0.39, 0.29) is 18.0 Å². The van der Waals surface area contributed by atoms with E-state index in [1.165, 1.54) is 6.20 Å². The predicted octanol–water partition coefficient (Wildman–Crippen LogP) is 4.38. The number of halogens is 1. The molecule has 0 spiro atoms. The summed E-state index contributed by atoms with van der Waals surface area (Å²) in [6, 6.07) is 9.26. The molecule has 190 valence electrons. The van der Waals surface area contributed by atoms with E-state index in [1.807, 2.05) is 36.7 Å². The maximum absolute atomic E-state index is 15.6. The van der Waals surface area contributed by atoms with Crippen LogP contribution in [-0.4, -0.2) is 42.3 Å². The summed E-state index contributed by atoms with van der Waals surface area (Å²) < 4.78 is 19.0. The molecule has 0 aromatic carbocycles. The largest absolute Gasteiger partial charge is 0.382 e. The predicted molar refractivity (Wildman–Crippen MR) is 138 cm³/mol. The maximum Gasteiger partial charge on any atom is 0.255 e. The van der Waals surface area contributed by atoms with Gasteiger partial charge in [-0.2, -0.15) is 10.4 Å². The number of hydrogen-bond donors (Lipinski definition) is 2. The van der Waals surface area contributed by atoms with Crippen LogP contribution >= 0.6 is 0 Å². The van der Waals surface area contributed by atoms with Gasteiger partial charge in [0.15, 0.2) is 5.67 Å². The van der Waals surface area contributed by atoms with Crippen LogP contribution in [0.2, 0.25) is 0 Å². The molecule has 0 saturated heterocycles. The molecular weight excluding hydrogens is 471 g/mol. The molecule has 4 aromatic rings. The second-order valence-corrected chi connectivity index (χ2v) is 9.87. The molecule has 1 amide bonds. The number of rotatable bonds is 6. The molecule has 0 radical (unpaired) electrons. The number of amides is 1. The number of aromatic nitrogens is 5. The van der Waals surface area contributed by atoms with Crippen LogP contribution in [0.3, 0.4) is 0 Å². The number of aryl methyl sites for hydroxylation is 1. The van der Waals surface area contributed by atoms with Gasteiger partial charge in [-0.1, -0.05) is 0 Å². The van der Waals surface area contributed by atoms with Crippen molar-refractivity contribution in [3.05, 3.63) is 65.9 Å². The number of anilines is 1. The zero-order valence-corrected chi connectivity index (χ0v) is 21.1. The molecule has 10 heteroatoms. The SMILES string of the molecule is CC(C)Nc1cc(-n2ccc3cc(C#N)cnc32)ncc1C(=O)NC1CCC(F)(c2ccnn2C)CC1. The van der Waals surface area contributed by atoms with Gasteiger partial charge < -0.3 is 10.6 Å². The summed E-state index contributed by atoms with van der Waals surface area (Å²) >= 11 is 0. The number of nitriles is 1. The molecule has 0 atom stereocenters. The molecule has 0 aliphatic heterocycles. The highest BCUT2D eigenvalue weighted by Gasteiger charge is 2.39. The minimum atomic E-state index is -1.43. The van der Waals surface area contributed by atoms with Crippen LogP contribution in [0.4, 0.5) is 10.1 Å². The molecule has 4 heterocycles. The zero-order chi connectivity index (χ0) is 26.2. The fraction of sp³-hybridized carbons (Fsp3) is 0.370. The summed E-state index contributed by atoms with van der Waals surface area (Å²) in [4.78, 5) is 22.3. The Labute approximate surface area is 214 Å². The lowest BCUT2D eigenvalue weighted by molar-refractivity contribution is 0.0729. The van der Waals surface area contributed by atoms with Gasteiger partial charge >= 0.3 is 0 Å². The fourth-order valence-corrected chi connectivity index (χ4v) is 5.01. The monoisotopic (exact) mass is 500 g/mol. The molecule has 9 nitrogen and oxygen atoms in total. The van der Waals surface area contributed by atoms with E-state index in [4.69, 9.17) is 5.26 Å². The summed E-state index contributed by atoms with van der Waals surface area (Å²) in [5.41, 5.74) is 1.39. The average molecular weight is 501 g/mol.